The summed E-state index contributed by atoms with van der Waals surface area (Å²) < 4.78 is 0. The van der Waals surface area contributed by atoms with Crippen molar-refractivity contribution in [3.8, 4) is 0 Å². The number of nitrogen functional groups attached to an aromatic ring is 1. The molecule has 1 heterocycles. The Bertz CT molecular complexity index is 606. The molecule has 4 nitrogen and oxygen atoms in total. The Labute approximate surface area is 148 Å². The minimum atomic E-state index is 0.167. The summed E-state index contributed by atoms with van der Waals surface area (Å²) >= 11 is 1.70. The van der Waals surface area contributed by atoms with Gasteiger partial charge >= 0.3 is 0 Å². The van der Waals surface area contributed by atoms with Gasteiger partial charge in [0.2, 0.25) is 5.91 Å². The number of hydrogen-bond donors (Lipinski definition) is 1. The first kappa shape index (κ1) is 18.5. The predicted molar refractivity (Wildman–Crippen MR) is 102 cm³/mol. The maximum atomic E-state index is 12.8. The minimum Gasteiger partial charge on any atom is -0.399 e. The van der Waals surface area contributed by atoms with Crippen LogP contribution >= 0.6 is 11.3 Å². The zero-order chi connectivity index (χ0) is 17.4. The number of carbonyl (C=O) groups is 1. The molecule has 0 fully saturated rings. The molecule has 130 valence electrons. The largest absolute Gasteiger partial charge is 0.399 e. The number of carbonyl (C=O) groups excluding carboxylic acids is 1. The van der Waals surface area contributed by atoms with Gasteiger partial charge in [-0.05, 0) is 42.2 Å². The van der Waals surface area contributed by atoms with Crippen LogP contribution in [-0.2, 0) is 17.8 Å². The summed E-state index contributed by atoms with van der Waals surface area (Å²) in [7, 11) is 0. The molecule has 0 saturated carbocycles. The molecule has 0 saturated heterocycles. The summed E-state index contributed by atoms with van der Waals surface area (Å²) in [6.07, 6.45) is 0.421. The van der Waals surface area contributed by atoms with E-state index in [0.717, 1.165) is 37.4 Å². The molecular formula is C19H27N3OS. The number of amides is 1. The van der Waals surface area contributed by atoms with Gasteiger partial charge in [0.05, 0.1) is 13.0 Å². The summed E-state index contributed by atoms with van der Waals surface area (Å²) in [5.41, 5.74) is 7.45. The van der Waals surface area contributed by atoms with Gasteiger partial charge in [0.15, 0.2) is 0 Å². The van der Waals surface area contributed by atoms with Crippen LogP contribution in [0.15, 0.2) is 41.8 Å². The molecule has 1 amide bonds. The van der Waals surface area contributed by atoms with Crippen LogP contribution in [0, 0.1) is 0 Å². The number of nitrogens with zero attached hydrogens (tertiary/aromatic N) is 2. The summed E-state index contributed by atoms with van der Waals surface area (Å²) in [6.45, 7) is 8.68. The van der Waals surface area contributed by atoms with E-state index in [1.165, 1.54) is 4.88 Å². The molecule has 0 aliphatic carbocycles. The van der Waals surface area contributed by atoms with Crippen LogP contribution in [0.3, 0.4) is 0 Å². The number of anilines is 1. The Morgan fingerprint density at radius 2 is 1.79 bits per heavy atom. The van der Waals surface area contributed by atoms with Gasteiger partial charge in [0.1, 0.15) is 0 Å². The molecule has 0 aliphatic rings. The van der Waals surface area contributed by atoms with Crippen LogP contribution in [0.4, 0.5) is 5.69 Å². The van der Waals surface area contributed by atoms with Crippen molar-refractivity contribution >= 4 is 22.9 Å². The molecule has 2 N–H and O–H groups in total. The number of benzene rings is 1. The van der Waals surface area contributed by atoms with Gasteiger partial charge in [-0.15, -0.1) is 11.3 Å². The van der Waals surface area contributed by atoms with Gasteiger partial charge in [-0.25, -0.2) is 0 Å². The molecule has 0 unspecified atom stereocenters. The fourth-order valence-corrected chi connectivity index (χ4v) is 3.33. The van der Waals surface area contributed by atoms with Gasteiger partial charge in [-0.2, -0.15) is 0 Å². The lowest BCUT2D eigenvalue weighted by Crippen LogP contribution is -2.38. The first-order chi connectivity index (χ1) is 11.6. The normalized spacial score (nSPS) is 11.0. The van der Waals surface area contributed by atoms with Crippen LogP contribution in [0.5, 0.6) is 0 Å². The van der Waals surface area contributed by atoms with Crippen LogP contribution in [0.2, 0.25) is 0 Å². The van der Waals surface area contributed by atoms with Crippen molar-refractivity contribution in [3.05, 3.63) is 52.2 Å². The Morgan fingerprint density at radius 1 is 1.08 bits per heavy atom. The number of nitrogens with two attached hydrogens (primary N) is 1. The molecule has 2 aromatic rings. The van der Waals surface area contributed by atoms with E-state index in [1.54, 1.807) is 11.3 Å². The standard InChI is InChI=1S/C19H27N3OS/c1-3-21(4-2)11-12-22(15-18-6-5-13-24-18)19(23)14-16-7-9-17(20)10-8-16/h5-10,13H,3-4,11-12,14-15,20H2,1-2H3. The van der Waals surface area contributed by atoms with Crippen molar-refractivity contribution in [2.75, 3.05) is 31.9 Å². The summed E-state index contributed by atoms with van der Waals surface area (Å²) in [5, 5.41) is 2.06. The van der Waals surface area contributed by atoms with Crippen molar-refractivity contribution in [1.29, 1.82) is 0 Å². The fourth-order valence-electron chi connectivity index (χ4n) is 2.61. The first-order valence-electron chi connectivity index (χ1n) is 8.49. The van der Waals surface area contributed by atoms with Crippen molar-refractivity contribution < 1.29 is 4.79 Å². The molecular weight excluding hydrogens is 318 g/mol. The Balaban J connectivity index is 2.02. The van der Waals surface area contributed by atoms with Crippen LogP contribution in [0.25, 0.3) is 0 Å². The number of hydrogen-bond acceptors (Lipinski definition) is 4. The lowest BCUT2D eigenvalue weighted by atomic mass is 10.1. The number of likely N-dealkylation sites (N-methyl/N-ethyl adjacent to an activating group) is 1. The second-order valence-corrected chi connectivity index (χ2v) is 6.87. The maximum Gasteiger partial charge on any atom is 0.227 e. The highest BCUT2D eigenvalue weighted by atomic mass is 32.1. The monoisotopic (exact) mass is 345 g/mol. The second kappa shape index (κ2) is 9.45. The highest BCUT2D eigenvalue weighted by molar-refractivity contribution is 7.09. The van der Waals surface area contributed by atoms with E-state index in [4.69, 9.17) is 5.73 Å². The van der Waals surface area contributed by atoms with Gasteiger partial charge in [0.25, 0.3) is 0 Å². The average molecular weight is 346 g/mol. The predicted octanol–water partition coefficient (Wildman–Crippen LogP) is 3.24. The Kier molecular flexibility index (Phi) is 7.28. The summed E-state index contributed by atoms with van der Waals surface area (Å²) in [4.78, 5) is 18.3. The van der Waals surface area contributed by atoms with Crippen LogP contribution in [-0.4, -0.2) is 41.9 Å². The quantitative estimate of drug-likeness (QED) is 0.710. The molecule has 0 radical (unpaired) electrons. The zero-order valence-electron chi connectivity index (χ0n) is 14.6. The molecule has 0 bridgehead atoms. The topological polar surface area (TPSA) is 49.6 Å². The van der Waals surface area contributed by atoms with E-state index >= 15 is 0 Å². The van der Waals surface area contributed by atoms with E-state index < -0.39 is 0 Å². The molecule has 2 rings (SSSR count). The first-order valence-corrected chi connectivity index (χ1v) is 9.37. The van der Waals surface area contributed by atoms with Crippen molar-refractivity contribution in [2.24, 2.45) is 0 Å². The van der Waals surface area contributed by atoms with Gasteiger partial charge in [-0.1, -0.05) is 32.0 Å². The van der Waals surface area contributed by atoms with E-state index in [0.29, 0.717) is 13.0 Å². The number of rotatable bonds is 9. The molecule has 0 spiro atoms. The zero-order valence-corrected chi connectivity index (χ0v) is 15.4. The van der Waals surface area contributed by atoms with Crippen molar-refractivity contribution in [1.82, 2.24) is 9.80 Å². The number of thiophene rings is 1. The van der Waals surface area contributed by atoms with Crippen LogP contribution in [0.1, 0.15) is 24.3 Å². The Morgan fingerprint density at radius 3 is 2.38 bits per heavy atom. The van der Waals surface area contributed by atoms with E-state index in [2.05, 4.69) is 30.2 Å². The highest BCUT2D eigenvalue weighted by Crippen LogP contribution is 2.14. The fraction of sp³-hybridized carbons (Fsp3) is 0.421. The lowest BCUT2D eigenvalue weighted by Gasteiger charge is -2.26. The second-order valence-electron chi connectivity index (χ2n) is 5.84. The minimum absolute atomic E-state index is 0.167. The SMILES string of the molecule is CCN(CC)CCN(Cc1cccs1)C(=O)Cc1ccc(N)cc1. The van der Waals surface area contributed by atoms with Crippen molar-refractivity contribution in [2.45, 2.75) is 26.8 Å². The molecule has 0 aliphatic heterocycles. The van der Waals surface area contributed by atoms with E-state index in [-0.39, 0.29) is 5.91 Å². The third-order valence-electron chi connectivity index (χ3n) is 4.20. The van der Waals surface area contributed by atoms with E-state index in [1.807, 2.05) is 35.2 Å². The van der Waals surface area contributed by atoms with Gasteiger partial charge in [-0.3, -0.25) is 4.79 Å². The van der Waals surface area contributed by atoms with Crippen LogP contribution < -0.4 is 5.73 Å². The molecule has 0 atom stereocenters. The highest BCUT2D eigenvalue weighted by Gasteiger charge is 2.16. The molecule has 1 aromatic heterocycles. The Hall–Kier alpha value is -1.85. The third kappa shape index (κ3) is 5.65. The molecule has 1 aromatic carbocycles. The van der Waals surface area contributed by atoms with Gasteiger partial charge < -0.3 is 15.5 Å². The molecule has 5 heteroatoms. The smallest absolute Gasteiger partial charge is 0.227 e. The van der Waals surface area contributed by atoms with Gasteiger partial charge in [0, 0.05) is 23.7 Å². The average Bonchev–Trinajstić information content (AvgIpc) is 3.09. The summed E-state index contributed by atoms with van der Waals surface area (Å²) in [5.74, 6) is 0.167. The maximum absolute atomic E-state index is 12.8. The lowest BCUT2D eigenvalue weighted by molar-refractivity contribution is -0.131. The van der Waals surface area contributed by atoms with E-state index in [9.17, 15) is 4.79 Å². The third-order valence-corrected chi connectivity index (χ3v) is 5.06. The summed E-state index contributed by atoms with van der Waals surface area (Å²) in [6, 6.07) is 11.7. The van der Waals surface area contributed by atoms with Crippen molar-refractivity contribution in [3.63, 3.8) is 0 Å². The molecule has 24 heavy (non-hydrogen) atoms.